The maximum absolute atomic E-state index is 12.3. The van der Waals surface area contributed by atoms with Crippen LogP contribution >= 0.6 is 0 Å². The molecular formula is C19H16N2O2. The monoisotopic (exact) mass is 304 g/mol. The van der Waals surface area contributed by atoms with Gasteiger partial charge in [0.1, 0.15) is 11.7 Å². The van der Waals surface area contributed by atoms with Gasteiger partial charge in [0.2, 0.25) is 5.91 Å². The topological polar surface area (TPSA) is 62.1 Å². The second-order valence-corrected chi connectivity index (χ2v) is 5.34. The molecule has 0 saturated heterocycles. The summed E-state index contributed by atoms with van der Waals surface area (Å²) >= 11 is 0. The zero-order valence-corrected chi connectivity index (χ0v) is 12.7. The molecule has 114 valence electrons. The van der Waals surface area contributed by atoms with E-state index >= 15 is 0 Å². The Morgan fingerprint density at radius 3 is 2.39 bits per heavy atom. The SMILES string of the molecule is COc1ccc([C@@H]2C=C(c3ccccc3)NC(=O)[C@H]2C#N)cc1. The molecule has 4 nitrogen and oxygen atoms in total. The van der Waals surface area contributed by atoms with Crippen LogP contribution in [0.3, 0.4) is 0 Å². The number of amides is 1. The van der Waals surface area contributed by atoms with Crippen LogP contribution < -0.4 is 10.1 Å². The van der Waals surface area contributed by atoms with E-state index in [1.165, 1.54) is 0 Å². The van der Waals surface area contributed by atoms with Crippen LogP contribution in [-0.4, -0.2) is 13.0 Å². The fourth-order valence-electron chi connectivity index (χ4n) is 2.73. The van der Waals surface area contributed by atoms with E-state index in [9.17, 15) is 10.1 Å². The Labute approximate surface area is 135 Å². The van der Waals surface area contributed by atoms with Crippen LogP contribution in [-0.2, 0) is 4.79 Å². The first-order chi connectivity index (χ1) is 11.2. The molecule has 2 atom stereocenters. The van der Waals surface area contributed by atoms with Crippen molar-refractivity contribution in [1.29, 1.82) is 5.26 Å². The van der Waals surface area contributed by atoms with Crippen LogP contribution in [0.15, 0.2) is 60.7 Å². The van der Waals surface area contributed by atoms with Gasteiger partial charge in [0.15, 0.2) is 0 Å². The highest BCUT2D eigenvalue weighted by Gasteiger charge is 2.33. The summed E-state index contributed by atoms with van der Waals surface area (Å²) in [6.45, 7) is 0. The van der Waals surface area contributed by atoms with E-state index in [-0.39, 0.29) is 11.8 Å². The van der Waals surface area contributed by atoms with Crippen LogP contribution in [0.2, 0.25) is 0 Å². The van der Waals surface area contributed by atoms with Gasteiger partial charge in [-0.15, -0.1) is 0 Å². The number of nitrogens with zero attached hydrogens (tertiary/aromatic N) is 1. The number of hydrogen-bond acceptors (Lipinski definition) is 3. The first kappa shape index (κ1) is 14.9. The van der Waals surface area contributed by atoms with Gasteiger partial charge in [-0.05, 0) is 23.3 Å². The second-order valence-electron chi connectivity index (χ2n) is 5.34. The van der Waals surface area contributed by atoms with Crippen LogP contribution in [0.5, 0.6) is 5.75 Å². The maximum Gasteiger partial charge on any atom is 0.242 e. The summed E-state index contributed by atoms with van der Waals surface area (Å²) in [6.07, 6.45) is 1.95. The van der Waals surface area contributed by atoms with Gasteiger partial charge in [0, 0.05) is 11.6 Å². The molecule has 0 bridgehead atoms. The van der Waals surface area contributed by atoms with Crippen LogP contribution in [0, 0.1) is 17.2 Å². The number of nitrogens with one attached hydrogen (secondary N) is 1. The number of carbonyl (C=O) groups is 1. The highest BCUT2D eigenvalue weighted by atomic mass is 16.5. The Kier molecular flexibility index (Phi) is 4.11. The largest absolute Gasteiger partial charge is 0.497 e. The van der Waals surface area contributed by atoms with Crippen molar-refractivity contribution in [1.82, 2.24) is 5.32 Å². The molecule has 0 aliphatic carbocycles. The van der Waals surface area contributed by atoms with Gasteiger partial charge in [-0.25, -0.2) is 0 Å². The fourth-order valence-corrected chi connectivity index (χ4v) is 2.73. The molecule has 0 aromatic heterocycles. The minimum atomic E-state index is -0.740. The van der Waals surface area contributed by atoms with Crippen LogP contribution in [0.25, 0.3) is 5.70 Å². The number of carbonyl (C=O) groups excluding carboxylic acids is 1. The summed E-state index contributed by atoms with van der Waals surface area (Å²) in [6, 6.07) is 19.2. The number of allylic oxidation sites excluding steroid dienone is 1. The van der Waals surface area contributed by atoms with Crippen molar-refractivity contribution in [3.63, 3.8) is 0 Å². The van der Waals surface area contributed by atoms with Gasteiger partial charge in [0.05, 0.1) is 13.2 Å². The number of hydrogen-bond donors (Lipinski definition) is 1. The molecule has 1 N–H and O–H groups in total. The fraction of sp³-hybridized carbons (Fsp3) is 0.158. The zero-order valence-electron chi connectivity index (χ0n) is 12.7. The zero-order chi connectivity index (χ0) is 16.2. The molecule has 0 unspecified atom stereocenters. The van der Waals surface area contributed by atoms with Gasteiger partial charge in [-0.3, -0.25) is 4.79 Å². The molecule has 2 aromatic rings. The van der Waals surface area contributed by atoms with Crippen molar-refractivity contribution < 1.29 is 9.53 Å². The van der Waals surface area contributed by atoms with E-state index in [0.29, 0.717) is 0 Å². The van der Waals surface area contributed by atoms with Crippen molar-refractivity contribution in [2.75, 3.05) is 7.11 Å². The number of ether oxygens (including phenoxy) is 1. The molecule has 0 spiro atoms. The van der Waals surface area contributed by atoms with Crippen molar-refractivity contribution in [2.45, 2.75) is 5.92 Å². The summed E-state index contributed by atoms with van der Waals surface area (Å²) in [7, 11) is 1.61. The van der Waals surface area contributed by atoms with Gasteiger partial charge in [-0.1, -0.05) is 48.5 Å². The summed E-state index contributed by atoms with van der Waals surface area (Å²) in [4.78, 5) is 12.3. The molecule has 1 aliphatic heterocycles. The Hall–Kier alpha value is -3.06. The second kappa shape index (κ2) is 6.37. The Morgan fingerprint density at radius 1 is 1.09 bits per heavy atom. The number of methoxy groups -OCH3 is 1. The highest BCUT2D eigenvalue weighted by Crippen LogP contribution is 2.33. The minimum Gasteiger partial charge on any atom is -0.497 e. The molecule has 0 saturated carbocycles. The van der Waals surface area contributed by atoms with Crippen LogP contribution in [0.1, 0.15) is 17.0 Å². The van der Waals surface area contributed by atoms with Crippen molar-refractivity contribution in [2.24, 2.45) is 5.92 Å². The van der Waals surface area contributed by atoms with Gasteiger partial charge >= 0.3 is 0 Å². The summed E-state index contributed by atoms with van der Waals surface area (Å²) in [5, 5.41) is 12.2. The van der Waals surface area contributed by atoms with E-state index in [1.807, 2.05) is 60.7 Å². The van der Waals surface area contributed by atoms with E-state index in [4.69, 9.17) is 4.74 Å². The normalized spacial score (nSPS) is 20.2. The third-order valence-electron chi connectivity index (χ3n) is 3.97. The Balaban J connectivity index is 2.03. The van der Waals surface area contributed by atoms with Gasteiger partial charge in [0.25, 0.3) is 0 Å². The van der Waals surface area contributed by atoms with Crippen molar-refractivity contribution in [3.8, 4) is 11.8 Å². The lowest BCUT2D eigenvalue weighted by atomic mass is 9.82. The smallest absolute Gasteiger partial charge is 0.242 e. The first-order valence-electron chi connectivity index (χ1n) is 7.34. The summed E-state index contributed by atoms with van der Waals surface area (Å²) in [5.41, 5.74) is 2.58. The number of benzene rings is 2. The van der Waals surface area contributed by atoms with Crippen LogP contribution in [0.4, 0.5) is 0 Å². The lowest BCUT2D eigenvalue weighted by Crippen LogP contribution is -2.36. The summed E-state index contributed by atoms with van der Waals surface area (Å²) in [5.74, 6) is -0.546. The van der Waals surface area contributed by atoms with E-state index in [0.717, 1.165) is 22.6 Å². The minimum absolute atomic E-state index is 0.269. The third kappa shape index (κ3) is 2.95. The van der Waals surface area contributed by atoms with E-state index in [2.05, 4.69) is 11.4 Å². The summed E-state index contributed by atoms with van der Waals surface area (Å²) < 4.78 is 5.16. The molecule has 3 rings (SSSR count). The predicted molar refractivity (Wildman–Crippen MR) is 87.4 cm³/mol. The van der Waals surface area contributed by atoms with E-state index < -0.39 is 5.92 Å². The average Bonchev–Trinajstić information content (AvgIpc) is 2.62. The average molecular weight is 304 g/mol. The van der Waals surface area contributed by atoms with Gasteiger partial charge < -0.3 is 10.1 Å². The lowest BCUT2D eigenvalue weighted by molar-refractivity contribution is -0.122. The number of rotatable bonds is 3. The molecular weight excluding hydrogens is 288 g/mol. The predicted octanol–water partition coefficient (Wildman–Crippen LogP) is 3.09. The maximum atomic E-state index is 12.3. The van der Waals surface area contributed by atoms with Crippen molar-refractivity contribution in [3.05, 3.63) is 71.8 Å². The third-order valence-corrected chi connectivity index (χ3v) is 3.97. The molecule has 1 heterocycles. The number of nitriles is 1. The molecule has 2 aromatic carbocycles. The molecule has 0 radical (unpaired) electrons. The van der Waals surface area contributed by atoms with Crippen molar-refractivity contribution >= 4 is 11.6 Å². The Morgan fingerprint density at radius 2 is 1.78 bits per heavy atom. The quantitative estimate of drug-likeness (QED) is 0.948. The lowest BCUT2D eigenvalue weighted by Gasteiger charge is -2.26. The standard InChI is InChI=1S/C19H16N2O2/c1-23-15-9-7-13(8-10-15)16-11-18(14-5-3-2-4-6-14)21-19(22)17(16)12-20/h2-11,16-17H,1H3,(H,21,22)/t16-,17-/m0/s1. The van der Waals surface area contributed by atoms with Gasteiger partial charge in [-0.2, -0.15) is 5.26 Å². The molecule has 4 heteroatoms. The molecule has 1 aliphatic rings. The molecule has 0 fully saturated rings. The highest BCUT2D eigenvalue weighted by molar-refractivity contribution is 5.93. The molecule has 23 heavy (non-hydrogen) atoms. The Bertz CT molecular complexity index is 773. The molecule has 1 amide bonds. The van der Waals surface area contributed by atoms with E-state index in [1.54, 1.807) is 7.11 Å². The first-order valence-corrected chi connectivity index (χ1v) is 7.34.